The minimum atomic E-state index is -0.778. The summed E-state index contributed by atoms with van der Waals surface area (Å²) in [5.41, 5.74) is 0.530. The van der Waals surface area contributed by atoms with E-state index >= 15 is 0 Å². The average Bonchev–Trinajstić information content (AvgIpc) is 2.54. The van der Waals surface area contributed by atoms with Crippen LogP contribution in [0.1, 0.15) is 43.5 Å². The Labute approximate surface area is 130 Å². The molecular weight excluding hydrogens is 284 g/mol. The van der Waals surface area contributed by atoms with Crippen LogP contribution >= 0.6 is 0 Å². The molecule has 0 spiro atoms. The van der Waals surface area contributed by atoms with E-state index in [2.05, 4.69) is 4.98 Å². The number of carboxylic acids is 1. The molecule has 0 radical (unpaired) electrons. The van der Waals surface area contributed by atoms with Crippen molar-refractivity contribution in [2.75, 3.05) is 13.1 Å². The lowest BCUT2D eigenvalue weighted by molar-refractivity contribution is -0.143. The number of hydrogen-bond acceptors (Lipinski definition) is 4. The molecule has 1 aromatic rings. The van der Waals surface area contributed by atoms with Crippen molar-refractivity contribution < 1.29 is 19.4 Å². The second-order valence-corrected chi connectivity index (χ2v) is 5.62. The molecule has 1 amide bonds. The van der Waals surface area contributed by atoms with Crippen LogP contribution in [0.5, 0.6) is 5.88 Å². The summed E-state index contributed by atoms with van der Waals surface area (Å²) >= 11 is 0. The number of amides is 1. The van der Waals surface area contributed by atoms with Crippen LogP contribution in [0.2, 0.25) is 0 Å². The van der Waals surface area contributed by atoms with Crippen molar-refractivity contribution in [3.05, 3.63) is 23.9 Å². The number of rotatable bonds is 5. The van der Waals surface area contributed by atoms with Gasteiger partial charge >= 0.3 is 5.97 Å². The van der Waals surface area contributed by atoms with Crippen LogP contribution in [-0.2, 0) is 4.79 Å². The molecule has 1 fully saturated rings. The molecule has 6 nitrogen and oxygen atoms in total. The van der Waals surface area contributed by atoms with Crippen molar-refractivity contribution in [1.29, 1.82) is 0 Å². The van der Waals surface area contributed by atoms with Gasteiger partial charge in [0.25, 0.3) is 5.91 Å². The minimum Gasteiger partial charge on any atom is -0.481 e. The predicted molar refractivity (Wildman–Crippen MR) is 80.9 cm³/mol. The topological polar surface area (TPSA) is 79.7 Å². The maximum Gasteiger partial charge on any atom is 0.306 e. The Morgan fingerprint density at radius 2 is 2.14 bits per heavy atom. The molecule has 1 N–H and O–H groups in total. The van der Waals surface area contributed by atoms with Gasteiger partial charge in [-0.05, 0) is 32.3 Å². The van der Waals surface area contributed by atoms with Gasteiger partial charge in [-0.15, -0.1) is 0 Å². The molecule has 0 bridgehead atoms. The Hall–Kier alpha value is -2.11. The van der Waals surface area contributed by atoms with Crippen LogP contribution in [0.4, 0.5) is 0 Å². The molecule has 2 rings (SSSR count). The average molecular weight is 306 g/mol. The summed E-state index contributed by atoms with van der Waals surface area (Å²) in [5.74, 6) is -0.771. The van der Waals surface area contributed by atoms with E-state index in [-0.39, 0.29) is 17.9 Å². The second-order valence-electron chi connectivity index (χ2n) is 5.62. The third-order valence-corrected chi connectivity index (χ3v) is 4.01. The number of nitrogens with zero attached hydrogens (tertiary/aromatic N) is 2. The Morgan fingerprint density at radius 3 is 2.73 bits per heavy atom. The molecular formula is C16H22N2O4. The van der Waals surface area contributed by atoms with E-state index in [4.69, 9.17) is 9.84 Å². The van der Waals surface area contributed by atoms with Crippen molar-refractivity contribution in [3.63, 3.8) is 0 Å². The first kappa shape index (κ1) is 16.3. The van der Waals surface area contributed by atoms with Crippen molar-refractivity contribution >= 4 is 11.9 Å². The van der Waals surface area contributed by atoms with Crippen LogP contribution in [-0.4, -0.2) is 46.1 Å². The highest BCUT2D eigenvalue weighted by Gasteiger charge is 2.27. The Morgan fingerprint density at radius 1 is 1.45 bits per heavy atom. The number of aromatic nitrogens is 1. The lowest BCUT2D eigenvalue weighted by Gasteiger charge is -2.30. The number of ether oxygens (including phenoxy) is 1. The van der Waals surface area contributed by atoms with Gasteiger partial charge in [-0.3, -0.25) is 9.59 Å². The quantitative estimate of drug-likeness (QED) is 0.902. The molecule has 1 aliphatic heterocycles. The lowest BCUT2D eigenvalue weighted by atomic mass is 9.97. The van der Waals surface area contributed by atoms with Gasteiger partial charge in [0, 0.05) is 30.9 Å². The first-order chi connectivity index (χ1) is 10.5. The Kier molecular flexibility index (Phi) is 5.35. The number of carbonyl (C=O) groups excluding carboxylic acids is 1. The molecule has 1 aliphatic rings. The summed E-state index contributed by atoms with van der Waals surface area (Å²) in [5, 5.41) is 9.00. The molecule has 120 valence electrons. The first-order valence-corrected chi connectivity index (χ1v) is 7.66. The van der Waals surface area contributed by atoms with E-state index in [0.29, 0.717) is 37.4 Å². The number of hydrogen-bond donors (Lipinski definition) is 1. The van der Waals surface area contributed by atoms with Crippen LogP contribution in [0.25, 0.3) is 0 Å². The van der Waals surface area contributed by atoms with Gasteiger partial charge in [-0.1, -0.05) is 6.92 Å². The van der Waals surface area contributed by atoms with Gasteiger partial charge in [0.1, 0.15) is 0 Å². The molecule has 1 saturated heterocycles. The van der Waals surface area contributed by atoms with E-state index in [0.717, 1.165) is 6.42 Å². The molecule has 2 heterocycles. The van der Waals surface area contributed by atoms with Crippen LogP contribution in [0.3, 0.4) is 0 Å². The SMILES string of the molecule is CCC(C)Oc1cc(C(=O)N2CCC(C(=O)O)CC2)ccn1. The zero-order valence-corrected chi connectivity index (χ0v) is 13.0. The van der Waals surface area contributed by atoms with Crippen LogP contribution in [0, 0.1) is 5.92 Å². The number of aliphatic carboxylic acids is 1. The van der Waals surface area contributed by atoms with Gasteiger partial charge in [0.05, 0.1) is 12.0 Å². The highest BCUT2D eigenvalue weighted by molar-refractivity contribution is 5.94. The van der Waals surface area contributed by atoms with Gasteiger partial charge in [0.15, 0.2) is 0 Å². The molecule has 1 atom stereocenters. The molecule has 6 heteroatoms. The van der Waals surface area contributed by atoms with Gasteiger partial charge in [-0.25, -0.2) is 4.98 Å². The number of likely N-dealkylation sites (tertiary alicyclic amines) is 1. The molecule has 1 aromatic heterocycles. The van der Waals surface area contributed by atoms with Gasteiger partial charge in [0.2, 0.25) is 5.88 Å². The fourth-order valence-electron chi connectivity index (χ4n) is 2.41. The largest absolute Gasteiger partial charge is 0.481 e. The van der Waals surface area contributed by atoms with E-state index < -0.39 is 5.97 Å². The van der Waals surface area contributed by atoms with Crippen LogP contribution in [0.15, 0.2) is 18.3 Å². The molecule has 0 aromatic carbocycles. The maximum absolute atomic E-state index is 12.5. The first-order valence-electron chi connectivity index (χ1n) is 7.66. The Bertz CT molecular complexity index is 539. The van der Waals surface area contributed by atoms with E-state index in [1.54, 1.807) is 23.2 Å². The monoisotopic (exact) mass is 306 g/mol. The molecule has 22 heavy (non-hydrogen) atoms. The summed E-state index contributed by atoms with van der Waals surface area (Å²) in [6.45, 7) is 4.92. The third kappa shape index (κ3) is 3.96. The van der Waals surface area contributed by atoms with Crippen molar-refractivity contribution in [3.8, 4) is 5.88 Å². The highest BCUT2D eigenvalue weighted by Crippen LogP contribution is 2.20. The maximum atomic E-state index is 12.5. The fraction of sp³-hybridized carbons (Fsp3) is 0.562. The smallest absolute Gasteiger partial charge is 0.306 e. The summed E-state index contributed by atoms with van der Waals surface area (Å²) in [7, 11) is 0. The van der Waals surface area contributed by atoms with Crippen molar-refractivity contribution in [1.82, 2.24) is 9.88 Å². The minimum absolute atomic E-state index is 0.0455. The predicted octanol–water partition coefficient (Wildman–Crippen LogP) is 2.20. The zero-order chi connectivity index (χ0) is 16.1. The third-order valence-electron chi connectivity index (χ3n) is 4.01. The molecule has 0 saturated carbocycles. The summed E-state index contributed by atoms with van der Waals surface area (Å²) in [4.78, 5) is 29.2. The normalized spacial score (nSPS) is 17.1. The van der Waals surface area contributed by atoms with E-state index in [1.165, 1.54) is 0 Å². The van der Waals surface area contributed by atoms with Gasteiger partial charge < -0.3 is 14.7 Å². The summed E-state index contributed by atoms with van der Waals surface area (Å²) in [6, 6.07) is 3.31. The van der Waals surface area contributed by atoms with Crippen molar-refractivity contribution in [2.45, 2.75) is 39.2 Å². The van der Waals surface area contributed by atoms with Crippen LogP contribution < -0.4 is 4.74 Å². The standard InChI is InChI=1S/C16H22N2O4/c1-3-11(2)22-14-10-13(4-7-17-14)15(19)18-8-5-12(6-9-18)16(20)21/h4,7,10-12H,3,5-6,8-9H2,1-2H3,(H,20,21). The van der Waals surface area contributed by atoms with E-state index in [1.807, 2.05) is 13.8 Å². The lowest BCUT2D eigenvalue weighted by Crippen LogP contribution is -2.40. The summed E-state index contributed by atoms with van der Waals surface area (Å²) in [6.07, 6.45) is 3.48. The highest BCUT2D eigenvalue weighted by atomic mass is 16.5. The number of pyridine rings is 1. The number of carbonyl (C=O) groups is 2. The van der Waals surface area contributed by atoms with Gasteiger partial charge in [-0.2, -0.15) is 0 Å². The fourth-order valence-corrected chi connectivity index (χ4v) is 2.41. The molecule has 1 unspecified atom stereocenters. The Balaban J connectivity index is 2.01. The number of carboxylic acid groups (broad SMARTS) is 1. The van der Waals surface area contributed by atoms with Crippen molar-refractivity contribution in [2.24, 2.45) is 5.92 Å². The second kappa shape index (κ2) is 7.24. The van der Waals surface area contributed by atoms with E-state index in [9.17, 15) is 9.59 Å². The zero-order valence-electron chi connectivity index (χ0n) is 13.0. The number of piperidine rings is 1. The summed E-state index contributed by atoms with van der Waals surface area (Å²) < 4.78 is 5.63. The molecule has 0 aliphatic carbocycles.